The zero-order valence-electron chi connectivity index (χ0n) is 10.3. The maximum Gasteiger partial charge on any atom is 0.230 e. The third-order valence-electron chi connectivity index (χ3n) is 3.77. The lowest BCUT2D eigenvalue weighted by Crippen LogP contribution is -2.67. The summed E-state index contributed by atoms with van der Waals surface area (Å²) in [5, 5.41) is 15.5. The summed E-state index contributed by atoms with van der Waals surface area (Å²) < 4.78 is 0. The van der Waals surface area contributed by atoms with Crippen LogP contribution in [0.15, 0.2) is 5.38 Å². The fraction of sp³-hybridized carbons (Fsp3) is 0.667. The molecule has 1 spiro atoms. The fourth-order valence-electron chi connectivity index (χ4n) is 2.71. The van der Waals surface area contributed by atoms with E-state index in [9.17, 15) is 9.90 Å². The normalized spacial score (nSPS) is 26.0. The zero-order valence-corrected chi connectivity index (χ0v) is 11.2. The lowest BCUT2D eigenvalue weighted by atomic mass is 9.72. The number of thiazole rings is 1. The molecule has 5 nitrogen and oxygen atoms in total. The Morgan fingerprint density at radius 1 is 1.67 bits per heavy atom. The summed E-state index contributed by atoms with van der Waals surface area (Å²) in [5.74, 6) is 0.0799. The Morgan fingerprint density at radius 3 is 3.11 bits per heavy atom. The number of aryl methyl sites for hydroxylation is 1. The monoisotopic (exact) mass is 267 g/mol. The lowest BCUT2D eigenvalue weighted by Gasteiger charge is -2.51. The van der Waals surface area contributed by atoms with Crippen LogP contribution >= 0.6 is 11.3 Å². The predicted octanol–water partition coefficient (Wildman–Crippen LogP) is 0.393. The quantitative estimate of drug-likeness (QED) is 0.814. The number of β-amino-alcohol motifs (C(OH)–C–C–N with tert-alkyl or cyclic N) is 1. The molecule has 1 aromatic rings. The summed E-state index contributed by atoms with van der Waals surface area (Å²) in [6.07, 6.45) is 1.10. The Labute approximate surface area is 110 Å². The number of carbonyl (C=O) groups excluding carboxylic acids is 1. The second kappa shape index (κ2) is 4.20. The number of hydrogen-bond acceptors (Lipinski definition) is 5. The van der Waals surface area contributed by atoms with Gasteiger partial charge in [0.2, 0.25) is 5.91 Å². The van der Waals surface area contributed by atoms with Gasteiger partial charge in [-0.25, -0.2) is 4.98 Å². The molecule has 3 rings (SSSR count). The summed E-state index contributed by atoms with van der Waals surface area (Å²) in [5.41, 5.74) is 0.708. The van der Waals surface area contributed by atoms with E-state index in [1.165, 1.54) is 0 Å². The number of nitrogens with zero attached hydrogens (tertiary/aromatic N) is 2. The van der Waals surface area contributed by atoms with Crippen LogP contribution in [0.3, 0.4) is 0 Å². The Balaban J connectivity index is 1.69. The molecule has 2 fully saturated rings. The number of aromatic nitrogens is 1. The number of nitrogens with one attached hydrogen (secondary N) is 1. The summed E-state index contributed by atoms with van der Waals surface area (Å²) in [4.78, 5) is 18.6. The van der Waals surface area contributed by atoms with Gasteiger partial charge in [-0.2, -0.15) is 0 Å². The van der Waals surface area contributed by atoms with E-state index >= 15 is 0 Å². The molecule has 1 atom stereocenters. The molecule has 0 aliphatic carbocycles. The van der Waals surface area contributed by atoms with E-state index in [0.717, 1.165) is 17.2 Å². The molecule has 1 aromatic heterocycles. The average Bonchev–Trinajstić information content (AvgIpc) is 2.77. The van der Waals surface area contributed by atoms with Gasteiger partial charge in [0, 0.05) is 25.0 Å². The number of aliphatic hydroxyl groups is 1. The molecule has 1 amide bonds. The first kappa shape index (κ1) is 11.9. The molecule has 98 valence electrons. The molecule has 2 N–H and O–H groups in total. The number of hydrogen-bond donors (Lipinski definition) is 2. The van der Waals surface area contributed by atoms with Crippen LogP contribution in [0.25, 0.3) is 0 Å². The third-order valence-corrected chi connectivity index (χ3v) is 4.72. The minimum absolute atomic E-state index is 0.0799. The lowest BCUT2D eigenvalue weighted by molar-refractivity contribution is -0.139. The van der Waals surface area contributed by atoms with E-state index in [0.29, 0.717) is 26.1 Å². The van der Waals surface area contributed by atoms with Crippen molar-refractivity contribution < 1.29 is 9.90 Å². The van der Waals surface area contributed by atoms with Gasteiger partial charge >= 0.3 is 0 Å². The number of piperidine rings is 1. The molecular weight excluding hydrogens is 250 g/mol. The first-order valence-corrected chi connectivity index (χ1v) is 7.17. The Morgan fingerprint density at radius 2 is 2.44 bits per heavy atom. The van der Waals surface area contributed by atoms with Gasteiger partial charge in [0.25, 0.3) is 0 Å². The average molecular weight is 267 g/mol. The van der Waals surface area contributed by atoms with Crippen molar-refractivity contribution in [2.75, 3.05) is 24.5 Å². The van der Waals surface area contributed by atoms with E-state index in [1.807, 2.05) is 0 Å². The van der Waals surface area contributed by atoms with Crippen LogP contribution in [-0.2, 0) is 11.2 Å². The predicted molar refractivity (Wildman–Crippen MR) is 69.8 cm³/mol. The van der Waals surface area contributed by atoms with Crippen molar-refractivity contribution in [3.05, 3.63) is 11.1 Å². The largest absolute Gasteiger partial charge is 0.391 e. The smallest absolute Gasteiger partial charge is 0.230 e. The van der Waals surface area contributed by atoms with Crippen molar-refractivity contribution >= 4 is 22.4 Å². The highest BCUT2D eigenvalue weighted by molar-refractivity contribution is 7.13. The van der Waals surface area contributed by atoms with Crippen LogP contribution in [-0.4, -0.2) is 41.7 Å². The van der Waals surface area contributed by atoms with Crippen molar-refractivity contribution in [2.24, 2.45) is 5.41 Å². The zero-order chi connectivity index (χ0) is 12.8. The Bertz CT molecular complexity index is 468. The highest BCUT2D eigenvalue weighted by Gasteiger charge is 2.52. The van der Waals surface area contributed by atoms with Gasteiger partial charge in [-0.1, -0.05) is 6.92 Å². The van der Waals surface area contributed by atoms with Gasteiger partial charge < -0.3 is 15.3 Å². The summed E-state index contributed by atoms with van der Waals surface area (Å²) in [6, 6.07) is 0. The molecule has 0 radical (unpaired) electrons. The molecule has 3 heterocycles. The Hall–Kier alpha value is -1.14. The topological polar surface area (TPSA) is 65.5 Å². The number of amides is 1. The van der Waals surface area contributed by atoms with Gasteiger partial charge in [0.15, 0.2) is 5.13 Å². The van der Waals surface area contributed by atoms with Crippen LogP contribution < -0.4 is 10.2 Å². The number of carbonyl (C=O) groups is 1. The van der Waals surface area contributed by atoms with Crippen LogP contribution in [0.5, 0.6) is 0 Å². The van der Waals surface area contributed by atoms with Gasteiger partial charge in [-0.15, -0.1) is 11.3 Å². The standard InChI is InChI=1S/C12H17N3O2S/c1-2-8-5-18-11(14-8)15-6-12(7-15)3-9(16)4-13-10(12)17/h5,9,16H,2-4,6-7H2,1H3,(H,13,17). The minimum atomic E-state index is -0.410. The van der Waals surface area contributed by atoms with Crippen LogP contribution in [0, 0.1) is 5.41 Å². The summed E-state index contributed by atoms with van der Waals surface area (Å²) >= 11 is 1.63. The van der Waals surface area contributed by atoms with Crippen LogP contribution in [0.1, 0.15) is 19.0 Å². The first-order valence-electron chi connectivity index (χ1n) is 6.29. The van der Waals surface area contributed by atoms with E-state index in [2.05, 4.69) is 27.5 Å². The van der Waals surface area contributed by atoms with Crippen LogP contribution in [0.2, 0.25) is 0 Å². The molecule has 2 aliphatic rings. The van der Waals surface area contributed by atoms with Crippen molar-refractivity contribution in [1.29, 1.82) is 0 Å². The Kier molecular flexibility index (Phi) is 2.79. The number of aliphatic hydroxyl groups excluding tert-OH is 1. The van der Waals surface area contributed by atoms with Crippen LogP contribution in [0.4, 0.5) is 5.13 Å². The number of rotatable bonds is 2. The molecule has 0 saturated carbocycles. The van der Waals surface area contributed by atoms with Crippen molar-refractivity contribution in [3.63, 3.8) is 0 Å². The van der Waals surface area contributed by atoms with E-state index < -0.39 is 11.5 Å². The fourth-order valence-corrected chi connectivity index (χ4v) is 3.62. The van der Waals surface area contributed by atoms with E-state index in [-0.39, 0.29) is 5.91 Å². The van der Waals surface area contributed by atoms with Gasteiger partial charge in [-0.05, 0) is 12.8 Å². The van der Waals surface area contributed by atoms with Crippen molar-refractivity contribution in [1.82, 2.24) is 10.3 Å². The van der Waals surface area contributed by atoms with E-state index in [1.54, 1.807) is 11.3 Å². The maximum atomic E-state index is 11.9. The summed E-state index contributed by atoms with van der Waals surface area (Å²) in [7, 11) is 0. The minimum Gasteiger partial charge on any atom is -0.391 e. The van der Waals surface area contributed by atoms with Crippen molar-refractivity contribution in [2.45, 2.75) is 25.9 Å². The molecule has 2 aliphatic heterocycles. The molecule has 0 aromatic carbocycles. The molecule has 1 unspecified atom stereocenters. The molecule has 2 saturated heterocycles. The van der Waals surface area contributed by atoms with E-state index in [4.69, 9.17) is 0 Å². The highest BCUT2D eigenvalue weighted by atomic mass is 32.1. The van der Waals surface area contributed by atoms with Gasteiger partial charge in [0.1, 0.15) is 0 Å². The first-order chi connectivity index (χ1) is 8.63. The molecular formula is C12H17N3O2S. The molecule has 0 bridgehead atoms. The van der Waals surface area contributed by atoms with Gasteiger partial charge in [0.05, 0.1) is 17.2 Å². The second-order valence-electron chi connectivity index (χ2n) is 5.18. The maximum absolute atomic E-state index is 11.9. The third kappa shape index (κ3) is 1.80. The molecule has 18 heavy (non-hydrogen) atoms. The SMILES string of the molecule is CCc1csc(N2CC3(CC(O)CNC3=O)C2)n1. The van der Waals surface area contributed by atoms with Gasteiger partial charge in [-0.3, -0.25) is 4.79 Å². The van der Waals surface area contributed by atoms with Crippen molar-refractivity contribution in [3.8, 4) is 0 Å². The summed E-state index contributed by atoms with van der Waals surface area (Å²) in [6.45, 7) is 3.82. The highest BCUT2D eigenvalue weighted by Crippen LogP contribution is 2.40. The number of anilines is 1. The second-order valence-corrected chi connectivity index (χ2v) is 6.02. The molecule has 6 heteroatoms.